The van der Waals surface area contributed by atoms with Crippen LogP contribution in [0.2, 0.25) is 5.02 Å². The average Bonchev–Trinajstić information content (AvgIpc) is 2.99. The van der Waals surface area contributed by atoms with E-state index in [0.717, 1.165) is 47.8 Å². The SMILES string of the molecule is CCc1nn(CC)c(CC2Cc3ccccc3C2O)c1Cl. The van der Waals surface area contributed by atoms with Crippen molar-refractivity contribution in [2.75, 3.05) is 0 Å². The second kappa shape index (κ2) is 5.82. The second-order valence-electron chi connectivity index (χ2n) is 5.69. The van der Waals surface area contributed by atoms with Crippen LogP contribution in [0.1, 0.15) is 42.5 Å². The maximum absolute atomic E-state index is 10.5. The Morgan fingerprint density at radius 2 is 2.10 bits per heavy atom. The number of nitrogens with zero attached hydrogens (tertiary/aromatic N) is 2. The molecular formula is C17H21ClN2O. The number of aromatic nitrogens is 2. The Morgan fingerprint density at radius 3 is 2.76 bits per heavy atom. The van der Waals surface area contributed by atoms with Crippen molar-refractivity contribution in [3.63, 3.8) is 0 Å². The lowest BCUT2D eigenvalue weighted by molar-refractivity contribution is 0.122. The Balaban J connectivity index is 1.87. The summed E-state index contributed by atoms with van der Waals surface area (Å²) in [5, 5.41) is 15.9. The summed E-state index contributed by atoms with van der Waals surface area (Å²) in [5.41, 5.74) is 4.34. The molecule has 0 saturated heterocycles. The molecule has 4 heteroatoms. The fraction of sp³-hybridized carbons (Fsp3) is 0.471. The third-order valence-electron chi connectivity index (χ3n) is 4.45. The average molecular weight is 305 g/mol. The first kappa shape index (κ1) is 14.6. The maximum atomic E-state index is 10.5. The molecule has 2 unspecified atom stereocenters. The third-order valence-corrected chi connectivity index (χ3v) is 4.89. The number of aryl methyl sites for hydroxylation is 2. The first-order valence-electron chi connectivity index (χ1n) is 7.65. The number of hydrogen-bond donors (Lipinski definition) is 1. The molecule has 2 aromatic rings. The normalized spacial score (nSPS) is 20.8. The minimum atomic E-state index is -0.400. The van der Waals surface area contributed by atoms with E-state index in [4.69, 9.17) is 11.6 Å². The van der Waals surface area contributed by atoms with Crippen molar-refractivity contribution in [1.82, 2.24) is 9.78 Å². The monoisotopic (exact) mass is 304 g/mol. The van der Waals surface area contributed by atoms with Gasteiger partial charge in [-0.05, 0) is 43.2 Å². The van der Waals surface area contributed by atoms with Gasteiger partial charge in [0.1, 0.15) is 0 Å². The van der Waals surface area contributed by atoms with E-state index in [9.17, 15) is 5.11 Å². The first-order valence-corrected chi connectivity index (χ1v) is 8.03. The highest BCUT2D eigenvalue weighted by Gasteiger charge is 2.32. The van der Waals surface area contributed by atoms with E-state index in [-0.39, 0.29) is 5.92 Å². The minimum Gasteiger partial charge on any atom is -0.388 e. The van der Waals surface area contributed by atoms with Crippen LogP contribution in [0.3, 0.4) is 0 Å². The van der Waals surface area contributed by atoms with Crippen LogP contribution >= 0.6 is 11.6 Å². The van der Waals surface area contributed by atoms with E-state index in [1.54, 1.807) is 0 Å². The largest absolute Gasteiger partial charge is 0.388 e. The maximum Gasteiger partial charge on any atom is 0.0849 e. The molecule has 1 aromatic heterocycles. The van der Waals surface area contributed by atoms with Gasteiger partial charge in [-0.1, -0.05) is 42.8 Å². The molecule has 0 fully saturated rings. The van der Waals surface area contributed by atoms with Crippen LogP contribution in [0.15, 0.2) is 24.3 Å². The highest BCUT2D eigenvalue weighted by atomic mass is 35.5. The molecule has 1 N–H and O–H groups in total. The van der Waals surface area contributed by atoms with Gasteiger partial charge in [-0.15, -0.1) is 0 Å². The van der Waals surface area contributed by atoms with Gasteiger partial charge in [-0.3, -0.25) is 4.68 Å². The van der Waals surface area contributed by atoms with Gasteiger partial charge in [0.25, 0.3) is 0 Å². The number of hydrogen-bond acceptors (Lipinski definition) is 2. The number of benzene rings is 1. The predicted octanol–water partition coefficient (Wildman–Crippen LogP) is 3.57. The number of aliphatic hydroxyl groups is 1. The number of aliphatic hydroxyl groups excluding tert-OH is 1. The molecule has 2 atom stereocenters. The fourth-order valence-electron chi connectivity index (χ4n) is 3.30. The summed E-state index contributed by atoms with van der Waals surface area (Å²) in [6.45, 7) is 4.95. The zero-order valence-corrected chi connectivity index (χ0v) is 13.3. The Bertz CT molecular complexity index is 650. The Morgan fingerprint density at radius 1 is 1.33 bits per heavy atom. The van der Waals surface area contributed by atoms with Crippen molar-refractivity contribution < 1.29 is 5.11 Å². The zero-order chi connectivity index (χ0) is 15.0. The molecule has 1 aliphatic carbocycles. The van der Waals surface area contributed by atoms with Crippen molar-refractivity contribution >= 4 is 11.6 Å². The van der Waals surface area contributed by atoms with Gasteiger partial charge in [-0.2, -0.15) is 5.10 Å². The van der Waals surface area contributed by atoms with Crippen LogP contribution in [0.4, 0.5) is 0 Å². The molecule has 0 spiro atoms. The summed E-state index contributed by atoms with van der Waals surface area (Å²) in [6, 6.07) is 8.15. The summed E-state index contributed by atoms with van der Waals surface area (Å²) in [5.74, 6) is 0.187. The van der Waals surface area contributed by atoms with Crippen LogP contribution in [0.5, 0.6) is 0 Å². The lowest BCUT2D eigenvalue weighted by atomic mass is 9.97. The second-order valence-corrected chi connectivity index (χ2v) is 6.07. The number of halogens is 1. The summed E-state index contributed by atoms with van der Waals surface area (Å²) in [7, 11) is 0. The highest BCUT2D eigenvalue weighted by Crippen LogP contribution is 2.39. The van der Waals surface area contributed by atoms with Gasteiger partial charge < -0.3 is 5.11 Å². The summed E-state index contributed by atoms with van der Waals surface area (Å²) < 4.78 is 1.98. The van der Waals surface area contributed by atoms with E-state index < -0.39 is 6.10 Å². The van der Waals surface area contributed by atoms with Crippen molar-refractivity contribution in [2.24, 2.45) is 5.92 Å². The van der Waals surface area contributed by atoms with Crippen molar-refractivity contribution in [2.45, 2.75) is 45.8 Å². The minimum absolute atomic E-state index is 0.187. The standard InChI is InChI=1S/C17H21ClN2O/c1-3-14-16(18)15(20(4-2)19-14)10-12-9-11-7-5-6-8-13(11)17(12)21/h5-8,12,17,21H,3-4,9-10H2,1-2H3. The van der Waals surface area contributed by atoms with E-state index in [1.807, 2.05) is 22.9 Å². The van der Waals surface area contributed by atoms with Gasteiger partial charge >= 0.3 is 0 Å². The topological polar surface area (TPSA) is 38.0 Å². The van der Waals surface area contributed by atoms with E-state index in [0.29, 0.717) is 0 Å². The molecule has 3 rings (SSSR count). The van der Waals surface area contributed by atoms with Crippen LogP contribution in [0.25, 0.3) is 0 Å². The summed E-state index contributed by atoms with van der Waals surface area (Å²) >= 11 is 6.48. The predicted molar refractivity (Wildman–Crippen MR) is 84.6 cm³/mol. The fourth-order valence-corrected chi connectivity index (χ4v) is 3.65. The summed E-state index contributed by atoms with van der Waals surface area (Å²) in [6.07, 6.45) is 2.12. The molecule has 0 saturated carbocycles. The molecule has 112 valence electrons. The zero-order valence-electron chi connectivity index (χ0n) is 12.5. The molecule has 0 aliphatic heterocycles. The van der Waals surface area contributed by atoms with Crippen LogP contribution in [-0.4, -0.2) is 14.9 Å². The number of fused-ring (bicyclic) bond motifs is 1. The Labute approximate surface area is 130 Å². The lowest BCUT2D eigenvalue weighted by Crippen LogP contribution is -2.14. The van der Waals surface area contributed by atoms with E-state index >= 15 is 0 Å². The Kier molecular flexibility index (Phi) is 4.05. The molecule has 0 amide bonds. The number of rotatable bonds is 4. The molecule has 21 heavy (non-hydrogen) atoms. The van der Waals surface area contributed by atoms with Crippen molar-refractivity contribution in [3.8, 4) is 0 Å². The van der Waals surface area contributed by atoms with Gasteiger partial charge in [0, 0.05) is 6.54 Å². The van der Waals surface area contributed by atoms with E-state index in [1.165, 1.54) is 5.56 Å². The molecule has 1 heterocycles. The van der Waals surface area contributed by atoms with Crippen LogP contribution in [0, 0.1) is 5.92 Å². The molecule has 1 aliphatic rings. The Hall–Kier alpha value is -1.32. The first-order chi connectivity index (χ1) is 10.2. The molecule has 1 aromatic carbocycles. The molecule has 0 bridgehead atoms. The van der Waals surface area contributed by atoms with Gasteiger partial charge in [0.2, 0.25) is 0 Å². The van der Waals surface area contributed by atoms with Crippen LogP contribution < -0.4 is 0 Å². The van der Waals surface area contributed by atoms with Gasteiger partial charge in [0.15, 0.2) is 0 Å². The third kappa shape index (κ3) is 2.49. The lowest BCUT2D eigenvalue weighted by Gasteiger charge is -2.16. The smallest absolute Gasteiger partial charge is 0.0849 e. The quantitative estimate of drug-likeness (QED) is 0.938. The van der Waals surface area contributed by atoms with Crippen LogP contribution in [-0.2, 0) is 25.8 Å². The van der Waals surface area contributed by atoms with Gasteiger partial charge in [-0.25, -0.2) is 0 Å². The van der Waals surface area contributed by atoms with Crippen molar-refractivity contribution in [1.29, 1.82) is 0 Å². The molecular weight excluding hydrogens is 284 g/mol. The highest BCUT2D eigenvalue weighted by molar-refractivity contribution is 6.31. The summed E-state index contributed by atoms with van der Waals surface area (Å²) in [4.78, 5) is 0. The van der Waals surface area contributed by atoms with Gasteiger partial charge in [0.05, 0.1) is 22.5 Å². The van der Waals surface area contributed by atoms with Crippen molar-refractivity contribution in [3.05, 3.63) is 51.8 Å². The molecule has 0 radical (unpaired) electrons. The molecule has 3 nitrogen and oxygen atoms in total. The van der Waals surface area contributed by atoms with E-state index in [2.05, 4.69) is 25.0 Å².